The van der Waals surface area contributed by atoms with E-state index in [1.54, 1.807) is 6.07 Å². The molecule has 0 fully saturated rings. The average molecular weight is 477 g/mol. The zero-order valence-corrected chi connectivity index (χ0v) is 23.7. The quantitative estimate of drug-likeness (QED) is 0.258. The molecule has 0 saturated heterocycles. The lowest BCUT2D eigenvalue weighted by molar-refractivity contribution is -0.384. The SMILES string of the molecule is CN(C)c1ccc2c(c1)C1=C([Si](C)(C)C(C)(C)C)c3ccc([N+](=O)[O-])cc3C1=C2[Si](C)(C)C. The van der Waals surface area contributed by atoms with E-state index in [4.69, 9.17) is 0 Å². The van der Waals surface area contributed by atoms with E-state index in [0.717, 1.165) is 5.56 Å². The maximum Gasteiger partial charge on any atom is 0.270 e. The first-order valence-corrected chi connectivity index (χ1v) is 18.2. The number of nitro benzene ring substituents is 1. The monoisotopic (exact) mass is 476 g/mol. The average Bonchev–Trinajstić information content (AvgIpc) is 3.18. The fraction of sp³-hybridized carbons (Fsp3) is 0.407. The third-order valence-electron chi connectivity index (χ3n) is 7.81. The van der Waals surface area contributed by atoms with Gasteiger partial charge < -0.3 is 4.90 Å². The second-order valence-corrected chi connectivity index (χ2v) is 22.5. The number of rotatable bonds is 4. The van der Waals surface area contributed by atoms with Crippen LogP contribution in [0.25, 0.3) is 21.5 Å². The molecule has 0 heterocycles. The molecule has 4 rings (SSSR count). The first-order chi connectivity index (χ1) is 15.1. The van der Waals surface area contributed by atoms with E-state index in [1.807, 2.05) is 12.1 Å². The van der Waals surface area contributed by atoms with Crippen molar-refractivity contribution in [1.82, 2.24) is 0 Å². The summed E-state index contributed by atoms with van der Waals surface area (Å²) in [6.07, 6.45) is 0. The summed E-state index contributed by atoms with van der Waals surface area (Å²) in [5.74, 6) is 0. The Morgan fingerprint density at radius 3 is 1.82 bits per heavy atom. The van der Waals surface area contributed by atoms with Gasteiger partial charge in [0.15, 0.2) is 0 Å². The highest BCUT2D eigenvalue weighted by Gasteiger charge is 2.48. The predicted molar refractivity (Wildman–Crippen MR) is 148 cm³/mol. The highest BCUT2D eigenvalue weighted by Crippen LogP contribution is 2.62. The molecule has 0 amide bonds. The van der Waals surface area contributed by atoms with E-state index < -0.39 is 16.1 Å². The predicted octanol–water partition coefficient (Wildman–Crippen LogP) is 7.73. The van der Waals surface area contributed by atoms with E-state index in [1.165, 1.54) is 43.9 Å². The van der Waals surface area contributed by atoms with Crippen LogP contribution >= 0.6 is 0 Å². The summed E-state index contributed by atoms with van der Waals surface area (Å²) in [4.78, 5) is 13.6. The van der Waals surface area contributed by atoms with Crippen molar-refractivity contribution in [2.24, 2.45) is 0 Å². The molecule has 0 aliphatic heterocycles. The van der Waals surface area contributed by atoms with Crippen LogP contribution in [0.2, 0.25) is 37.8 Å². The summed E-state index contributed by atoms with van der Waals surface area (Å²) < 4.78 is 0. The smallest absolute Gasteiger partial charge is 0.270 e. The van der Waals surface area contributed by atoms with E-state index in [0.29, 0.717) is 0 Å². The number of fused-ring (bicyclic) bond motifs is 5. The Balaban J connectivity index is 2.20. The number of hydrogen-bond acceptors (Lipinski definition) is 3. The molecule has 0 unspecified atom stereocenters. The molecule has 0 saturated carbocycles. The maximum atomic E-state index is 11.7. The largest absolute Gasteiger partial charge is 0.378 e. The Morgan fingerprint density at radius 1 is 0.788 bits per heavy atom. The summed E-state index contributed by atoms with van der Waals surface area (Å²) >= 11 is 0. The molecule has 2 aromatic carbocycles. The lowest BCUT2D eigenvalue weighted by atomic mass is 10.0. The van der Waals surface area contributed by atoms with Crippen molar-refractivity contribution < 1.29 is 4.92 Å². The van der Waals surface area contributed by atoms with Crippen LogP contribution in [0.15, 0.2) is 36.4 Å². The van der Waals surface area contributed by atoms with Crippen LogP contribution in [0.3, 0.4) is 0 Å². The van der Waals surface area contributed by atoms with Crippen molar-refractivity contribution in [2.75, 3.05) is 19.0 Å². The van der Waals surface area contributed by atoms with Gasteiger partial charge in [0.25, 0.3) is 5.69 Å². The van der Waals surface area contributed by atoms with Crippen LogP contribution in [-0.2, 0) is 0 Å². The van der Waals surface area contributed by atoms with Crippen LogP contribution < -0.4 is 4.90 Å². The van der Waals surface area contributed by atoms with Crippen LogP contribution in [0.5, 0.6) is 0 Å². The molecule has 2 aliphatic carbocycles. The van der Waals surface area contributed by atoms with Gasteiger partial charge >= 0.3 is 0 Å². The second kappa shape index (κ2) is 7.27. The van der Waals surface area contributed by atoms with Gasteiger partial charge in [-0.15, -0.1) is 0 Å². The number of allylic oxidation sites excluding steroid dienone is 2. The lowest BCUT2D eigenvalue weighted by Crippen LogP contribution is -2.39. The zero-order valence-electron chi connectivity index (χ0n) is 21.7. The van der Waals surface area contributed by atoms with Gasteiger partial charge in [-0.25, -0.2) is 0 Å². The van der Waals surface area contributed by atoms with Gasteiger partial charge in [-0.1, -0.05) is 59.6 Å². The van der Waals surface area contributed by atoms with Crippen LogP contribution in [0.4, 0.5) is 11.4 Å². The lowest BCUT2D eigenvalue weighted by Gasteiger charge is -2.39. The number of nitro groups is 1. The highest BCUT2D eigenvalue weighted by molar-refractivity contribution is 7.01. The van der Waals surface area contributed by atoms with E-state index in [2.05, 4.69) is 90.7 Å². The van der Waals surface area contributed by atoms with Crippen molar-refractivity contribution in [3.05, 3.63) is 68.8 Å². The third kappa shape index (κ3) is 3.46. The van der Waals surface area contributed by atoms with Gasteiger partial charge in [0, 0.05) is 31.9 Å². The van der Waals surface area contributed by atoms with E-state index in [9.17, 15) is 10.1 Å². The summed E-state index contributed by atoms with van der Waals surface area (Å²) in [6.45, 7) is 19.2. The second-order valence-electron chi connectivity index (χ2n) is 12.2. The molecule has 0 spiro atoms. The molecule has 2 aliphatic rings. The minimum absolute atomic E-state index is 0.144. The molecular formula is C27H36N2O2Si2. The number of anilines is 1. The van der Waals surface area contributed by atoms with Crippen molar-refractivity contribution in [3.8, 4) is 0 Å². The highest BCUT2D eigenvalue weighted by atomic mass is 28.3. The number of nitrogens with zero attached hydrogens (tertiary/aromatic N) is 2. The van der Waals surface area contributed by atoms with Gasteiger partial charge in [0.2, 0.25) is 0 Å². The zero-order chi connectivity index (χ0) is 24.7. The minimum Gasteiger partial charge on any atom is -0.378 e. The van der Waals surface area contributed by atoms with Crippen LogP contribution in [0.1, 0.15) is 43.0 Å². The van der Waals surface area contributed by atoms with Crippen LogP contribution in [-0.4, -0.2) is 35.2 Å². The van der Waals surface area contributed by atoms with Crippen molar-refractivity contribution in [3.63, 3.8) is 0 Å². The van der Waals surface area contributed by atoms with Gasteiger partial charge in [-0.3, -0.25) is 10.1 Å². The van der Waals surface area contributed by atoms with Gasteiger partial charge in [-0.2, -0.15) is 0 Å². The van der Waals surface area contributed by atoms with Gasteiger partial charge in [-0.05, 0) is 67.0 Å². The Labute approximate surface area is 200 Å². The molecule has 0 aromatic heterocycles. The summed E-state index contributed by atoms with van der Waals surface area (Å²) in [5, 5.41) is 14.8. The van der Waals surface area contributed by atoms with Crippen LogP contribution in [0, 0.1) is 10.1 Å². The minimum atomic E-state index is -1.98. The first kappa shape index (κ1) is 23.7. The van der Waals surface area contributed by atoms with E-state index >= 15 is 0 Å². The van der Waals surface area contributed by atoms with Crippen molar-refractivity contribution in [2.45, 2.75) is 58.5 Å². The molecule has 2 aromatic rings. The Morgan fingerprint density at radius 2 is 1.30 bits per heavy atom. The molecule has 174 valence electrons. The fourth-order valence-corrected chi connectivity index (χ4v) is 9.73. The topological polar surface area (TPSA) is 46.4 Å². The number of hydrogen-bond donors (Lipinski definition) is 0. The molecule has 0 atom stereocenters. The number of non-ortho nitro benzene ring substituents is 1. The molecule has 0 bridgehead atoms. The molecular weight excluding hydrogens is 440 g/mol. The van der Waals surface area contributed by atoms with Crippen molar-refractivity contribution >= 4 is 49.1 Å². The summed E-state index contributed by atoms with van der Waals surface area (Å²) in [6, 6.07) is 12.4. The maximum absolute atomic E-state index is 11.7. The van der Waals surface area contributed by atoms with Gasteiger partial charge in [0.1, 0.15) is 0 Å². The number of benzene rings is 2. The molecule has 6 heteroatoms. The Kier molecular flexibility index (Phi) is 5.22. The fourth-order valence-electron chi connectivity index (χ4n) is 5.17. The standard InChI is InChI=1S/C27H36N2O2Si2/c1-27(2,3)33(9,10)26-20-14-12-18(29(30)31)16-22(20)23-24(26)21-15-17(28(4)5)11-13-19(21)25(23)32(6,7)8/h11-16H,1-10H3. The Hall–Kier alpha value is -2.45. The molecule has 0 radical (unpaired) electrons. The van der Waals surface area contributed by atoms with E-state index in [-0.39, 0.29) is 15.6 Å². The summed E-state index contributed by atoms with van der Waals surface area (Å²) in [7, 11) is 0.413. The molecule has 33 heavy (non-hydrogen) atoms. The van der Waals surface area contributed by atoms with Gasteiger partial charge in [0.05, 0.1) is 21.1 Å². The molecule has 0 N–H and O–H groups in total. The third-order valence-corrected chi connectivity index (χ3v) is 15.3. The molecule has 4 nitrogen and oxygen atoms in total. The normalized spacial score (nSPS) is 15.6. The Bertz CT molecular complexity index is 1260. The summed E-state index contributed by atoms with van der Waals surface area (Å²) in [5.41, 5.74) is 8.93. The first-order valence-electron chi connectivity index (χ1n) is 11.7. The van der Waals surface area contributed by atoms with Crippen molar-refractivity contribution in [1.29, 1.82) is 0 Å².